The number of hydrogen-bond acceptors (Lipinski definition) is 7. The lowest BCUT2D eigenvalue weighted by molar-refractivity contribution is -0.143. The maximum absolute atomic E-state index is 13.5. The summed E-state index contributed by atoms with van der Waals surface area (Å²) in [7, 11) is -4.32. The molecular formula is C23H23NO7S. The highest BCUT2D eigenvalue weighted by Crippen LogP contribution is 2.39. The monoisotopic (exact) mass is 457 g/mol. The highest BCUT2D eigenvalue weighted by atomic mass is 32.2. The van der Waals surface area contributed by atoms with E-state index in [1.54, 1.807) is 45.0 Å². The van der Waals surface area contributed by atoms with E-state index in [0.29, 0.717) is 4.31 Å². The Hall–Kier alpha value is -3.46. The van der Waals surface area contributed by atoms with Crippen LogP contribution < -0.4 is 0 Å². The second-order valence-corrected chi connectivity index (χ2v) is 9.09. The molecule has 32 heavy (non-hydrogen) atoms. The number of carbonyl (C=O) groups is 3. The van der Waals surface area contributed by atoms with Crippen LogP contribution in [0.15, 0.2) is 65.2 Å². The molecule has 9 heteroatoms. The fraction of sp³-hybridized carbons (Fsp3) is 0.261. The van der Waals surface area contributed by atoms with Gasteiger partial charge in [-0.05, 0) is 19.1 Å². The van der Waals surface area contributed by atoms with Gasteiger partial charge in [-0.1, -0.05) is 56.3 Å². The van der Waals surface area contributed by atoms with Crippen LogP contribution in [-0.4, -0.2) is 43.6 Å². The first-order valence-corrected chi connectivity index (χ1v) is 11.5. The number of ketones is 1. The van der Waals surface area contributed by atoms with E-state index in [9.17, 15) is 22.8 Å². The third kappa shape index (κ3) is 4.43. The molecular weight excluding hydrogens is 434 g/mol. The first-order valence-electron chi connectivity index (χ1n) is 10.0. The highest BCUT2D eigenvalue weighted by Gasteiger charge is 2.43. The van der Waals surface area contributed by atoms with Crippen LogP contribution in [-0.2, 0) is 29.1 Å². The Bertz CT molecular complexity index is 1180. The SMILES string of the molecule is CCOC(=O)CN1C(C(=O)c2ccccc2)=C(OC(=O)C(C)C)c2ccccc2S1(=O)=O. The molecule has 0 atom stereocenters. The lowest BCUT2D eigenvalue weighted by Crippen LogP contribution is -2.42. The van der Waals surface area contributed by atoms with Crippen LogP contribution in [0.5, 0.6) is 0 Å². The minimum absolute atomic E-state index is 0.0319. The van der Waals surface area contributed by atoms with E-state index in [1.165, 1.54) is 30.3 Å². The van der Waals surface area contributed by atoms with Gasteiger partial charge in [-0.25, -0.2) is 12.7 Å². The largest absolute Gasteiger partial charge is 0.465 e. The van der Waals surface area contributed by atoms with Crippen molar-refractivity contribution in [2.75, 3.05) is 13.2 Å². The Morgan fingerprint density at radius 1 is 0.969 bits per heavy atom. The van der Waals surface area contributed by atoms with Gasteiger partial charge in [0.05, 0.1) is 17.4 Å². The molecule has 0 saturated heterocycles. The van der Waals surface area contributed by atoms with Crippen molar-refractivity contribution in [2.45, 2.75) is 25.7 Å². The van der Waals surface area contributed by atoms with Crippen LogP contribution in [0, 0.1) is 5.92 Å². The van der Waals surface area contributed by atoms with Crippen LogP contribution >= 0.6 is 0 Å². The van der Waals surface area contributed by atoms with Gasteiger partial charge in [-0.3, -0.25) is 14.4 Å². The summed E-state index contributed by atoms with van der Waals surface area (Å²) in [5.41, 5.74) is -0.179. The zero-order valence-corrected chi connectivity index (χ0v) is 18.7. The molecule has 0 N–H and O–H groups in total. The molecule has 0 saturated carbocycles. The third-order valence-corrected chi connectivity index (χ3v) is 6.47. The number of nitrogens with zero attached hydrogens (tertiary/aromatic N) is 1. The van der Waals surface area contributed by atoms with Gasteiger partial charge >= 0.3 is 11.9 Å². The first kappa shape index (κ1) is 23.2. The second kappa shape index (κ2) is 9.35. The van der Waals surface area contributed by atoms with Gasteiger partial charge in [0.2, 0.25) is 5.78 Å². The van der Waals surface area contributed by atoms with Crippen molar-refractivity contribution < 1.29 is 32.3 Å². The Kier molecular flexibility index (Phi) is 6.78. The van der Waals surface area contributed by atoms with Gasteiger partial charge in [0.25, 0.3) is 10.0 Å². The van der Waals surface area contributed by atoms with E-state index >= 15 is 0 Å². The predicted molar refractivity (Wildman–Crippen MR) is 116 cm³/mol. The Morgan fingerprint density at radius 3 is 2.22 bits per heavy atom. The number of esters is 2. The molecule has 1 aliphatic rings. The quantitative estimate of drug-likeness (QED) is 0.465. The van der Waals surface area contributed by atoms with Gasteiger partial charge in [-0.15, -0.1) is 0 Å². The number of benzene rings is 2. The molecule has 0 fully saturated rings. The van der Waals surface area contributed by atoms with Crippen molar-refractivity contribution in [3.8, 4) is 0 Å². The second-order valence-electron chi connectivity index (χ2n) is 7.26. The van der Waals surface area contributed by atoms with Crippen LogP contribution in [0.2, 0.25) is 0 Å². The van der Waals surface area contributed by atoms with Crippen molar-refractivity contribution in [1.29, 1.82) is 0 Å². The van der Waals surface area contributed by atoms with Gasteiger partial charge in [-0.2, -0.15) is 0 Å². The number of fused-ring (bicyclic) bond motifs is 1. The summed E-state index contributed by atoms with van der Waals surface area (Å²) >= 11 is 0. The molecule has 2 aromatic rings. The zero-order valence-electron chi connectivity index (χ0n) is 17.9. The molecule has 2 aromatic carbocycles. The molecule has 168 valence electrons. The summed E-state index contributed by atoms with van der Waals surface area (Å²) in [5, 5.41) is 0. The van der Waals surface area contributed by atoms with E-state index in [2.05, 4.69) is 0 Å². The molecule has 3 rings (SSSR count). The number of allylic oxidation sites excluding steroid dienone is 1. The summed E-state index contributed by atoms with van der Waals surface area (Å²) in [6.07, 6.45) is 0. The predicted octanol–water partition coefficient (Wildman–Crippen LogP) is 3.00. The Labute approximate surface area is 186 Å². The maximum Gasteiger partial charge on any atom is 0.326 e. The summed E-state index contributed by atoms with van der Waals surface area (Å²) < 4.78 is 38.0. The zero-order chi connectivity index (χ0) is 23.5. The fourth-order valence-corrected chi connectivity index (χ4v) is 4.72. The summed E-state index contributed by atoms with van der Waals surface area (Å²) in [4.78, 5) is 38.1. The number of Topliss-reactive ketones (excluding diaryl/α,β-unsaturated/α-hetero) is 1. The van der Waals surface area contributed by atoms with Crippen molar-refractivity contribution in [3.05, 3.63) is 71.4 Å². The first-order chi connectivity index (χ1) is 15.2. The molecule has 0 bridgehead atoms. The summed E-state index contributed by atoms with van der Waals surface area (Å²) in [6, 6.07) is 13.8. The van der Waals surface area contributed by atoms with E-state index < -0.39 is 45.9 Å². The van der Waals surface area contributed by atoms with Gasteiger partial charge in [0.15, 0.2) is 5.76 Å². The number of rotatable bonds is 7. The Balaban J connectivity index is 2.31. The maximum atomic E-state index is 13.5. The van der Waals surface area contributed by atoms with Crippen LogP contribution in [0.3, 0.4) is 0 Å². The van der Waals surface area contributed by atoms with Crippen molar-refractivity contribution in [2.24, 2.45) is 5.92 Å². The molecule has 0 spiro atoms. The van der Waals surface area contributed by atoms with Gasteiger partial charge in [0, 0.05) is 11.1 Å². The van der Waals surface area contributed by atoms with Crippen molar-refractivity contribution in [3.63, 3.8) is 0 Å². The van der Waals surface area contributed by atoms with Crippen LogP contribution in [0.1, 0.15) is 36.7 Å². The van der Waals surface area contributed by atoms with Crippen LogP contribution in [0.4, 0.5) is 0 Å². The minimum Gasteiger partial charge on any atom is -0.465 e. The lowest BCUT2D eigenvalue weighted by atomic mass is 10.0. The summed E-state index contributed by atoms with van der Waals surface area (Å²) in [5.74, 6) is -2.96. The molecule has 0 aliphatic carbocycles. The molecule has 0 radical (unpaired) electrons. The van der Waals surface area contributed by atoms with Crippen LogP contribution in [0.25, 0.3) is 5.76 Å². The van der Waals surface area contributed by atoms with Gasteiger partial charge < -0.3 is 9.47 Å². The van der Waals surface area contributed by atoms with Gasteiger partial charge in [0.1, 0.15) is 12.2 Å². The molecule has 1 heterocycles. The number of carbonyl (C=O) groups excluding carboxylic acids is 3. The molecule has 1 aliphatic heterocycles. The minimum atomic E-state index is -4.32. The fourth-order valence-electron chi connectivity index (χ4n) is 3.11. The van der Waals surface area contributed by atoms with E-state index in [-0.39, 0.29) is 28.4 Å². The van der Waals surface area contributed by atoms with Crippen molar-refractivity contribution >= 4 is 33.5 Å². The Morgan fingerprint density at radius 2 is 1.59 bits per heavy atom. The van der Waals surface area contributed by atoms with Crippen molar-refractivity contribution in [1.82, 2.24) is 4.31 Å². The smallest absolute Gasteiger partial charge is 0.326 e. The molecule has 0 aromatic heterocycles. The molecule has 8 nitrogen and oxygen atoms in total. The third-order valence-electron chi connectivity index (χ3n) is 4.67. The average molecular weight is 458 g/mol. The molecule has 0 unspecified atom stereocenters. The topological polar surface area (TPSA) is 107 Å². The number of hydrogen-bond donors (Lipinski definition) is 0. The summed E-state index contributed by atoms with van der Waals surface area (Å²) in [6.45, 7) is 4.10. The lowest BCUT2D eigenvalue weighted by Gasteiger charge is -2.32. The van der Waals surface area contributed by atoms with E-state index in [4.69, 9.17) is 9.47 Å². The normalized spacial score (nSPS) is 14.7. The van der Waals surface area contributed by atoms with E-state index in [1.807, 2.05) is 0 Å². The standard InChI is InChI=1S/C23H23NO7S/c1-4-30-19(25)14-24-20(21(26)16-10-6-5-7-11-16)22(31-23(27)15(2)3)17-12-8-9-13-18(17)32(24,28)29/h5-13,15H,4,14H2,1-3H3. The average Bonchev–Trinajstić information content (AvgIpc) is 2.77. The number of sulfonamides is 1. The molecule has 0 amide bonds. The highest BCUT2D eigenvalue weighted by molar-refractivity contribution is 7.89. The number of ether oxygens (including phenoxy) is 2. The van der Waals surface area contributed by atoms with E-state index in [0.717, 1.165) is 0 Å².